The van der Waals surface area contributed by atoms with E-state index in [1.54, 1.807) is 24.3 Å². The first kappa shape index (κ1) is 16.9. The van der Waals surface area contributed by atoms with E-state index >= 15 is 0 Å². The molecule has 0 saturated carbocycles. The van der Waals surface area contributed by atoms with Gasteiger partial charge in [-0.2, -0.15) is 0 Å². The minimum absolute atomic E-state index is 0.0775. The topological polar surface area (TPSA) is 49.9 Å². The third-order valence-corrected chi connectivity index (χ3v) is 5.64. The van der Waals surface area contributed by atoms with E-state index in [1.165, 1.54) is 4.90 Å². The molecule has 0 aliphatic carbocycles. The number of ether oxygens (including phenoxy) is 1. The van der Waals surface area contributed by atoms with Gasteiger partial charge in [-0.3, -0.25) is 14.5 Å². The number of hydrogen-bond acceptors (Lipinski definition) is 3. The number of benzene rings is 3. The Morgan fingerprint density at radius 2 is 1.29 bits per heavy atom. The number of amides is 2. The van der Waals surface area contributed by atoms with Gasteiger partial charge in [-0.15, -0.1) is 0 Å². The summed E-state index contributed by atoms with van der Waals surface area (Å²) in [5, 5.41) is 0. The van der Waals surface area contributed by atoms with Crippen LogP contribution in [0.25, 0.3) is 0 Å². The van der Waals surface area contributed by atoms with Crippen LogP contribution in [0.5, 0.6) is 0 Å². The van der Waals surface area contributed by atoms with Gasteiger partial charge in [-0.1, -0.05) is 72.8 Å². The van der Waals surface area contributed by atoms with Gasteiger partial charge >= 0.3 is 0 Å². The van der Waals surface area contributed by atoms with Crippen molar-refractivity contribution in [2.75, 3.05) is 6.54 Å². The summed E-state index contributed by atoms with van der Waals surface area (Å²) in [7, 11) is 0. The second kappa shape index (κ2) is 6.43. The average molecular weight is 369 g/mol. The summed E-state index contributed by atoms with van der Waals surface area (Å²) in [6, 6.07) is 27.1. The highest BCUT2D eigenvalue weighted by Gasteiger charge is 2.58. The Morgan fingerprint density at radius 1 is 0.750 bits per heavy atom. The molecule has 5 rings (SSSR count). The highest BCUT2D eigenvalue weighted by atomic mass is 16.6. The van der Waals surface area contributed by atoms with Gasteiger partial charge < -0.3 is 4.74 Å². The summed E-state index contributed by atoms with van der Waals surface area (Å²) in [6.45, 7) is 0.324. The highest BCUT2D eigenvalue weighted by Crippen LogP contribution is 2.59. The fraction of sp³-hybridized carbons (Fsp3) is 0.167. The Balaban J connectivity index is 1.42. The molecule has 1 fully saturated rings. The highest BCUT2D eigenvalue weighted by molar-refractivity contribution is 6.21. The van der Waals surface area contributed by atoms with Crippen LogP contribution in [0.2, 0.25) is 0 Å². The van der Waals surface area contributed by atoms with E-state index < -0.39 is 5.60 Å². The van der Waals surface area contributed by atoms with Crippen molar-refractivity contribution in [3.63, 3.8) is 0 Å². The van der Waals surface area contributed by atoms with E-state index in [2.05, 4.69) is 12.1 Å². The first-order chi connectivity index (χ1) is 13.7. The lowest BCUT2D eigenvalue weighted by Gasteiger charge is -2.19. The molecule has 0 radical (unpaired) electrons. The summed E-state index contributed by atoms with van der Waals surface area (Å²) >= 11 is 0. The lowest BCUT2D eigenvalue weighted by atomic mass is 9.89. The Kier molecular flexibility index (Phi) is 3.88. The van der Waals surface area contributed by atoms with E-state index in [0.29, 0.717) is 24.1 Å². The number of nitrogens with zero attached hydrogens (tertiary/aromatic N) is 1. The second-order valence-corrected chi connectivity index (χ2v) is 7.22. The van der Waals surface area contributed by atoms with Crippen molar-refractivity contribution in [2.24, 2.45) is 0 Å². The predicted molar refractivity (Wildman–Crippen MR) is 105 cm³/mol. The largest absolute Gasteiger partial charge is 0.356 e. The van der Waals surface area contributed by atoms with Gasteiger partial charge in [0.2, 0.25) is 0 Å². The zero-order valence-electron chi connectivity index (χ0n) is 15.2. The molecule has 2 atom stereocenters. The average Bonchev–Trinajstić information content (AvgIpc) is 3.45. The Morgan fingerprint density at radius 3 is 1.89 bits per heavy atom. The van der Waals surface area contributed by atoms with Gasteiger partial charge in [0, 0.05) is 13.0 Å². The van der Waals surface area contributed by atoms with Crippen LogP contribution in [0.3, 0.4) is 0 Å². The van der Waals surface area contributed by atoms with Gasteiger partial charge in [0.15, 0.2) is 0 Å². The van der Waals surface area contributed by atoms with Crippen LogP contribution in [0.1, 0.15) is 44.4 Å². The van der Waals surface area contributed by atoms with E-state index in [-0.39, 0.29) is 17.9 Å². The number of fused-ring (bicyclic) bond motifs is 1. The smallest absolute Gasteiger partial charge is 0.261 e. The molecule has 2 amide bonds. The Hall–Kier alpha value is -3.24. The van der Waals surface area contributed by atoms with E-state index in [1.807, 2.05) is 48.5 Å². The summed E-state index contributed by atoms with van der Waals surface area (Å²) in [6.07, 6.45) is 0.480. The van der Waals surface area contributed by atoms with Crippen LogP contribution in [-0.4, -0.2) is 23.3 Å². The van der Waals surface area contributed by atoms with Crippen molar-refractivity contribution in [1.29, 1.82) is 0 Å². The third-order valence-electron chi connectivity index (χ3n) is 5.64. The molecule has 2 heterocycles. The van der Waals surface area contributed by atoms with Crippen LogP contribution in [0, 0.1) is 0 Å². The normalized spacial score (nSPS) is 23.0. The van der Waals surface area contributed by atoms with Crippen LogP contribution < -0.4 is 0 Å². The molecule has 0 spiro atoms. The molecule has 4 heteroatoms. The molecular formula is C24H19NO3. The maximum Gasteiger partial charge on any atom is 0.261 e. The van der Waals surface area contributed by atoms with E-state index in [9.17, 15) is 9.59 Å². The Labute approximate surface area is 163 Å². The van der Waals surface area contributed by atoms with Crippen molar-refractivity contribution in [1.82, 2.24) is 4.90 Å². The molecule has 0 aromatic heterocycles. The molecule has 3 aromatic rings. The SMILES string of the molecule is O=C1c2ccccc2C(=O)N1CCC1(c2ccccc2)OC1c1ccccc1. The van der Waals surface area contributed by atoms with Crippen molar-refractivity contribution >= 4 is 11.8 Å². The summed E-state index contributed by atoms with van der Waals surface area (Å²) in [4.78, 5) is 26.7. The van der Waals surface area contributed by atoms with Gasteiger partial charge in [0.25, 0.3) is 11.8 Å². The lowest BCUT2D eigenvalue weighted by molar-refractivity contribution is 0.0640. The number of hydrogen-bond donors (Lipinski definition) is 0. The fourth-order valence-electron chi connectivity index (χ4n) is 4.14. The number of epoxide rings is 1. The minimum Gasteiger partial charge on any atom is -0.356 e. The summed E-state index contributed by atoms with van der Waals surface area (Å²) in [5.41, 5.74) is 2.63. The molecular weight excluding hydrogens is 350 g/mol. The van der Waals surface area contributed by atoms with E-state index in [0.717, 1.165) is 11.1 Å². The number of rotatable bonds is 5. The molecule has 2 aliphatic heterocycles. The number of carbonyl (C=O) groups is 2. The maximum atomic E-state index is 12.7. The van der Waals surface area contributed by atoms with Gasteiger partial charge in [0.05, 0.1) is 11.1 Å². The first-order valence-electron chi connectivity index (χ1n) is 9.44. The molecule has 2 aliphatic rings. The zero-order valence-corrected chi connectivity index (χ0v) is 15.2. The van der Waals surface area contributed by atoms with Gasteiger partial charge in [-0.05, 0) is 23.3 Å². The zero-order chi connectivity index (χ0) is 19.1. The van der Waals surface area contributed by atoms with Crippen LogP contribution in [0.15, 0.2) is 84.9 Å². The van der Waals surface area contributed by atoms with Crippen LogP contribution >= 0.6 is 0 Å². The van der Waals surface area contributed by atoms with Crippen molar-refractivity contribution in [2.45, 2.75) is 18.1 Å². The van der Waals surface area contributed by atoms with Crippen molar-refractivity contribution in [3.05, 3.63) is 107 Å². The molecule has 1 saturated heterocycles. The van der Waals surface area contributed by atoms with Crippen LogP contribution in [-0.2, 0) is 10.3 Å². The third kappa shape index (κ3) is 2.57. The monoisotopic (exact) mass is 369 g/mol. The molecule has 3 aromatic carbocycles. The fourth-order valence-corrected chi connectivity index (χ4v) is 4.14. The number of imide groups is 1. The quantitative estimate of drug-likeness (QED) is 0.497. The molecule has 2 unspecified atom stereocenters. The maximum absolute atomic E-state index is 12.7. The van der Waals surface area contributed by atoms with Gasteiger partial charge in [-0.25, -0.2) is 0 Å². The summed E-state index contributed by atoms with van der Waals surface area (Å²) in [5.74, 6) is -0.443. The molecule has 0 bridgehead atoms. The molecule has 0 N–H and O–H groups in total. The molecule has 28 heavy (non-hydrogen) atoms. The predicted octanol–water partition coefficient (Wildman–Crippen LogP) is 4.34. The standard InChI is InChI=1S/C24H19NO3/c26-22-19-13-7-8-14-20(19)23(27)25(22)16-15-24(18-11-5-2-6-12-18)21(28-24)17-9-3-1-4-10-17/h1-14,21H,15-16H2. The lowest BCUT2D eigenvalue weighted by Crippen LogP contribution is -2.33. The van der Waals surface area contributed by atoms with E-state index in [4.69, 9.17) is 4.74 Å². The number of carbonyl (C=O) groups excluding carboxylic acids is 2. The molecule has 138 valence electrons. The van der Waals surface area contributed by atoms with Crippen LogP contribution in [0.4, 0.5) is 0 Å². The van der Waals surface area contributed by atoms with Crippen molar-refractivity contribution < 1.29 is 14.3 Å². The minimum atomic E-state index is -0.516. The van der Waals surface area contributed by atoms with Crippen molar-refractivity contribution in [3.8, 4) is 0 Å². The molecule has 4 nitrogen and oxygen atoms in total. The summed E-state index contributed by atoms with van der Waals surface area (Å²) < 4.78 is 6.23. The first-order valence-corrected chi connectivity index (χ1v) is 9.44. The second-order valence-electron chi connectivity index (χ2n) is 7.22. The van der Waals surface area contributed by atoms with Gasteiger partial charge in [0.1, 0.15) is 11.7 Å². The Bertz CT molecular complexity index is 1010.